The number of aliphatic imine (C=N–C) groups is 2. The Morgan fingerprint density at radius 1 is 1.40 bits per heavy atom. The summed E-state index contributed by atoms with van der Waals surface area (Å²) in [5.41, 5.74) is 11.3. The average molecular weight is 296 g/mol. The number of benzene rings is 1. The van der Waals surface area contributed by atoms with E-state index >= 15 is 0 Å². The van der Waals surface area contributed by atoms with Crippen molar-refractivity contribution in [3.8, 4) is 0 Å². The van der Waals surface area contributed by atoms with Crippen LogP contribution >= 0.6 is 11.6 Å². The van der Waals surface area contributed by atoms with Crippen LogP contribution in [0.2, 0.25) is 5.02 Å². The Hall–Kier alpha value is -2.28. The predicted molar refractivity (Wildman–Crippen MR) is 78.2 cm³/mol. The van der Waals surface area contributed by atoms with Crippen LogP contribution in [-0.4, -0.2) is 28.7 Å². The van der Waals surface area contributed by atoms with Gasteiger partial charge in [0.05, 0.1) is 16.3 Å². The molecular formula is C12H14ClN5O2. The van der Waals surface area contributed by atoms with Gasteiger partial charge < -0.3 is 16.6 Å². The van der Waals surface area contributed by atoms with Gasteiger partial charge in [0.1, 0.15) is 5.66 Å². The van der Waals surface area contributed by atoms with Crippen molar-refractivity contribution in [2.24, 2.45) is 21.5 Å². The number of anilines is 1. The van der Waals surface area contributed by atoms with Crippen molar-refractivity contribution in [1.29, 1.82) is 0 Å². The summed E-state index contributed by atoms with van der Waals surface area (Å²) in [5.74, 6) is -0.824. The maximum absolute atomic E-state index is 10.9. The predicted octanol–water partition coefficient (Wildman–Crippen LogP) is 1.22. The molecule has 7 nitrogen and oxygen atoms in total. The Morgan fingerprint density at radius 2 is 2.05 bits per heavy atom. The Bertz CT molecular complexity index is 639. The fourth-order valence-corrected chi connectivity index (χ4v) is 2.31. The fourth-order valence-electron chi connectivity index (χ4n) is 2.04. The maximum Gasteiger partial charge on any atom is 0.335 e. The Balaban J connectivity index is 2.51. The van der Waals surface area contributed by atoms with E-state index in [-0.39, 0.29) is 22.5 Å². The van der Waals surface area contributed by atoms with Gasteiger partial charge in [-0.05, 0) is 32.0 Å². The lowest BCUT2D eigenvalue weighted by Crippen LogP contribution is -2.54. The van der Waals surface area contributed by atoms with Gasteiger partial charge in [0, 0.05) is 0 Å². The molecule has 2 rings (SSSR count). The van der Waals surface area contributed by atoms with E-state index in [1.54, 1.807) is 24.8 Å². The molecule has 1 aromatic carbocycles. The zero-order valence-electron chi connectivity index (χ0n) is 11.0. The van der Waals surface area contributed by atoms with Crippen LogP contribution in [0, 0.1) is 0 Å². The molecule has 0 aromatic heterocycles. The number of hydrogen-bond donors (Lipinski definition) is 3. The van der Waals surface area contributed by atoms with Crippen molar-refractivity contribution in [2.75, 3.05) is 4.90 Å². The van der Waals surface area contributed by atoms with Gasteiger partial charge in [-0.1, -0.05) is 11.6 Å². The van der Waals surface area contributed by atoms with Crippen molar-refractivity contribution in [3.05, 3.63) is 28.8 Å². The average Bonchev–Trinajstić information content (AvgIpc) is 2.28. The first-order valence-electron chi connectivity index (χ1n) is 5.75. The van der Waals surface area contributed by atoms with Gasteiger partial charge in [0.2, 0.25) is 11.9 Å². The van der Waals surface area contributed by atoms with Gasteiger partial charge in [0.25, 0.3) is 0 Å². The van der Waals surface area contributed by atoms with E-state index in [4.69, 9.17) is 28.2 Å². The van der Waals surface area contributed by atoms with Crippen molar-refractivity contribution in [2.45, 2.75) is 19.5 Å². The van der Waals surface area contributed by atoms with Crippen molar-refractivity contribution < 1.29 is 9.90 Å². The number of nitrogens with zero attached hydrogens (tertiary/aromatic N) is 3. The van der Waals surface area contributed by atoms with E-state index in [1.165, 1.54) is 12.1 Å². The summed E-state index contributed by atoms with van der Waals surface area (Å²) in [7, 11) is 0. The molecule has 0 spiro atoms. The molecule has 0 saturated carbocycles. The third-order valence-electron chi connectivity index (χ3n) is 2.83. The van der Waals surface area contributed by atoms with Gasteiger partial charge in [-0.3, -0.25) is 4.90 Å². The molecule has 1 aliphatic rings. The summed E-state index contributed by atoms with van der Waals surface area (Å²) in [4.78, 5) is 20.6. The van der Waals surface area contributed by atoms with E-state index in [0.717, 1.165) is 0 Å². The zero-order valence-corrected chi connectivity index (χ0v) is 11.7. The summed E-state index contributed by atoms with van der Waals surface area (Å²) in [5, 5.41) is 9.18. The monoisotopic (exact) mass is 295 g/mol. The number of halogens is 1. The Labute approximate surface area is 120 Å². The minimum atomic E-state index is -1.06. The highest BCUT2D eigenvalue weighted by Crippen LogP contribution is 2.33. The zero-order chi connectivity index (χ0) is 15.1. The largest absolute Gasteiger partial charge is 0.478 e. The quantitative estimate of drug-likeness (QED) is 0.758. The summed E-state index contributed by atoms with van der Waals surface area (Å²) in [6.45, 7) is 3.59. The normalized spacial score (nSPS) is 17.4. The topological polar surface area (TPSA) is 117 Å². The van der Waals surface area contributed by atoms with Crippen LogP contribution in [0.15, 0.2) is 28.2 Å². The number of aromatic carboxylic acids is 1. The highest BCUT2D eigenvalue weighted by molar-refractivity contribution is 6.34. The molecule has 1 aromatic rings. The highest BCUT2D eigenvalue weighted by Gasteiger charge is 2.34. The van der Waals surface area contributed by atoms with Crippen molar-refractivity contribution in [3.63, 3.8) is 0 Å². The summed E-state index contributed by atoms with van der Waals surface area (Å²) < 4.78 is 0. The Morgan fingerprint density at radius 3 is 2.55 bits per heavy atom. The minimum absolute atomic E-state index is 0.0852. The van der Waals surface area contributed by atoms with E-state index in [9.17, 15) is 4.79 Å². The molecule has 1 heterocycles. The summed E-state index contributed by atoms with van der Waals surface area (Å²) in [6, 6.07) is 4.35. The highest BCUT2D eigenvalue weighted by atomic mass is 35.5. The maximum atomic E-state index is 10.9. The third-order valence-corrected chi connectivity index (χ3v) is 3.13. The minimum Gasteiger partial charge on any atom is -0.478 e. The summed E-state index contributed by atoms with van der Waals surface area (Å²) in [6.07, 6.45) is 0. The molecule has 1 aliphatic heterocycles. The molecule has 0 fully saturated rings. The van der Waals surface area contributed by atoms with Crippen LogP contribution < -0.4 is 16.4 Å². The first kappa shape index (κ1) is 14.1. The van der Waals surface area contributed by atoms with Crippen molar-refractivity contribution in [1.82, 2.24) is 0 Å². The van der Waals surface area contributed by atoms with Gasteiger partial charge in [-0.25, -0.2) is 9.79 Å². The summed E-state index contributed by atoms with van der Waals surface area (Å²) >= 11 is 6.14. The molecular weight excluding hydrogens is 282 g/mol. The van der Waals surface area contributed by atoms with Crippen LogP contribution in [0.4, 0.5) is 5.69 Å². The van der Waals surface area contributed by atoms with Crippen LogP contribution in [-0.2, 0) is 0 Å². The first-order chi connectivity index (χ1) is 9.22. The molecule has 0 radical (unpaired) electrons. The van der Waals surface area contributed by atoms with Gasteiger partial charge in [-0.15, -0.1) is 0 Å². The van der Waals surface area contributed by atoms with Crippen LogP contribution in [0.3, 0.4) is 0 Å². The number of carboxylic acid groups (broad SMARTS) is 1. The smallest absolute Gasteiger partial charge is 0.335 e. The number of guanidine groups is 2. The molecule has 0 unspecified atom stereocenters. The lowest BCUT2D eigenvalue weighted by atomic mass is 10.1. The van der Waals surface area contributed by atoms with E-state index in [0.29, 0.717) is 5.69 Å². The Kier molecular flexibility index (Phi) is 3.31. The molecule has 0 aliphatic carbocycles. The molecule has 0 atom stereocenters. The second-order valence-electron chi connectivity index (χ2n) is 4.74. The number of carboxylic acids is 1. The molecule has 20 heavy (non-hydrogen) atoms. The van der Waals surface area contributed by atoms with Crippen LogP contribution in [0.25, 0.3) is 0 Å². The van der Waals surface area contributed by atoms with E-state index in [1.807, 2.05) is 0 Å². The van der Waals surface area contributed by atoms with Gasteiger partial charge in [-0.2, -0.15) is 4.99 Å². The number of carbonyl (C=O) groups is 1. The van der Waals surface area contributed by atoms with E-state index < -0.39 is 11.6 Å². The lowest BCUT2D eigenvalue weighted by molar-refractivity contribution is 0.0697. The van der Waals surface area contributed by atoms with E-state index in [2.05, 4.69) is 9.98 Å². The molecule has 106 valence electrons. The lowest BCUT2D eigenvalue weighted by Gasteiger charge is -2.38. The molecule has 0 amide bonds. The molecule has 0 bridgehead atoms. The van der Waals surface area contributed by atoms with Crippen molar-refractivity contribution >= 4 is 35.2 Å². The molecule has 5 N–H and O–H groups in total. The molecule has 8 heteroatoms. The third kappa shape index (κ3) is 2.39. The number of hydrogen-bond acceptors (Lipinski definition) is 6. The first-order valence-corrected chi connectivity index (χ1v) is 6.13. The second kappa shape index (κ2) is 4.68. The van der Waals surface area contributed by atoms with Crippen LogP contribution in [0.1, 0.15) is 24.2 Å². The fraction of sp³-hybridized carbons (Fsp3) is 0.250. The van der Waals surface area contributed by atoms with Gasteiger partial charge >= 0.3 is 5.97 Å². The number of rotatable bonds is 2. The second-order valence-corrected chi connectivity index (χ2v) is 5.15. The van der Waals surface area contributed by atoms with Gasteiger partial charge in [0.15, 0.2) is 0 Å². The van der Waals surface area contributed by atoms with Crippen LogP contribution in [0.5, 0.6) is 0 Å². The molecule has 0 saturated heterocycles. The SMILES string of the molecule is CC1(C)N=C(N)N=C(N)N1c1ccc(C(=O)O)cc1Cl. The standard InChI is InChI=1S/C12H14ClN5O2/c1-12(2)17-10(14)16-11(15)18(12)8-4-3-6(9(19)20)5-7(8)13/h3-5H,1-2H3,(H,19,20)(H4,14,15,16,17). The number of nitrogens with two attached hydrogens (primary N) is 2.